The number of para-hydroxylation sites is 2. The van der Waals surface area contributed by atoms with Gasteiger partial charge in [-0.3, -0.25) is 9.69 Å². The number of carbonyl (C=O) groups excluding carboxylic acids is 2. The van der Waals surface area contributed by atoms with Crippen molar-refractivity contribution in [2.75, 3.05) is 31.1 Å². The molecule has 2 aliphatic heterocycles. The summed E-state index contributed by atoms with van der Waals surface area (Å²) in [5.74, 6) is 0.754. The van der Waals surface area contributed by atoms with Crippen LogP contribution in [0.1, 0.15) is 31.7 Å². The Kier molecular flexibility index (Phi) is 7.20. The van der Waals surface area contributed by atoms with Gasteiger partial charge in [-0.05, 0) is 49.4 Å². The molecule has 3 amide bonds. The average molecular weight is 456 g/mol. The quantitative estimate of drug-likeness (QED) is 0.721. The summed E-state index contributed by atoms with van der Waals surface area (Å²) in [6, 6.07) is 15.4. The van der Waals surface area contributed by atoms with E-state index in [1.807, 2.05) is 58.3 Å². The minimum atomic E-state index is -0.0642. The zero-order valence-electron chi connectivity index (χ0n) is 18.4. The third kappa shape index (κ3) is 5.01. The number of halogens is 1. The molecule has 4 rings (SSSR count). The van der Waals surface area contributed by atoms with Gasteiger partial charge in [-0.25, -0.2) is 4.79 Å². The number of urea groups is 1. The average Bonchev–Trinajstić information content (AvgIpc) is 2.84. The molecule has 6 nitrogen and oxygen atoms in total. The van der Waals surface area contributed by atoms with Crippen molar-refractivity contribution in [2.24, 2.45) is 5.92 Å². The van der Waals surface area contributed by atoms with Crippen molar-refractivity contribution in [3.05, 3.63) is 59.1 Å². The van der Waals surface area contributed by atoms with Crippen LogP contribution in [0.15, 0.2) is 48.5 Å². The maximum Gasteiger partial charge on any atom is 0.324 e. The Morgan fingerprint density at radius 2 is 1.81 bits per heavy atom. The highest BCUT2D eigenvalue weighted by molar-refractivity contribution is 6.31. The van der Waals surface area contributed by atoms with Gasteiger partial charge in [-0.1, -0.05) is 48.9 Å². The summed E-state index contributed by atoms with van der Waals surface area (Å²) in [6.07, 6.45) is 2.89. The Hall–Kier alpha value is -2.73. The molecule has 2 heterocycles. The van der Waals surface area contributed by atoms with Crippen molar-refractivity contribution >= 4 is 29.2 Å². The Balaban J connectivity index is 1.29. The monoisotopic (exact) mass is 455 g/mol. The molecule has 1 unspecified atom stereocenters. The summed E-state index contributed by atoms with van der Waals surface area (Å²) in [7, 11) is 0. The van der Waals surface area contributed by atoms with Crippen LogP contribution < -0.4 is 15.0 Å². The van der Waals surface area contributed by atoms with E-state index in [-0.39, 0.29) is 24.0 Å². The number of benzene rings is 2. The molecule has 170 valence electrons. The number of nitrogens with one attached hydrogen (secondary N) is 1. The lowest BCUT2D eigenvalue weighted by Gasteiger charge is -2.39. The van der Waals surface area contributed by atoms with Crippen molar-refractivity contribution in [1.82, 2.24) is 10.2 Å². The summed E-state index contributed by atoms with van der Waals surface area (Å²) in [6.45, 7) is 4.34. The summed E-state index contributed by atoms with van der Waals surface area (Å²) in [5, 5.41) is 3.76. The number of likely N-dealkylation sites (tertiary alicyclic amines) is 1. The van der Waals surface area contributed by atoms with Crippen LogP contribution in [0.4, 0.5) is 10.5 Å². The first-order chi connectivity index (χ1) is 15.6. The van der Waals surface area contributed by atoms with E-state index in [0.29, 0.717) is 45.4 Å². The smallest absolute Gasteiger partial charge is 0.324 e. The fourth-order valence-corrected chi connectivity index (χ4v) is 4.59. The van der Waals surface area contributed by atoms with Crippen LogP contribution in [-0.2, 0) is 11.2 Å². The van der Waals surface area contributed by atoms with Gasteiger partial charge in [0.05, 0.1) is 12.2 Å². The number of piperidine rings is 1. The van der Waals surface area contributed by atoms with E-state index in [2.05, 4.69) is 12.2 Å². The molecule has 2 aliphatic rings. The molecule has 7 heteroatoms. The van der Waals surface area contributed by atoms with Crippen LogP contribution in [-0.4, -0.2) is 49.1 Å². The number of ether oxygens (including phenoxy) is 1. The Labute approximate surface area is 194 Å². The van der Waals surface area contributed by atoms with Crippen LogP contribution in [0, 0.1) is 5.92 Å². The van der Waals surface area contributed by atoms with E-state index in [9.17, 15) is 9.59 Å². The van der Waals surface area contributed by atoms with Crippen molar-refractivity contribution in [3.8, 4) is 5.75 Å². The van der Waals surface area contributed by atoms with Gasteiger partial charge < -0.3 is 15.0 Å². The lowest BCUT2D eigenvalue weighted by atomic mass is 9.96. The number of hydrogen-bond donors (Lipinski definition) is 1. The highest BCUT2D eigenvalue weighted by atomic mass is 35.5. The Bertz CT molecular complexity index is 959. The molecular weight excluding hydrogens is 426 g/mol. The van der Waals surface area contributed by atoms with E-state index < -0.39 is 0 Å². The summed E-state index contributed by atoms with van der Waals surface area (Å²) in [4.78, 5) is 29.6. The molecule has 2 aromatic rings. The molecule has 0 radical (unpaired) electrons. The second-order valence-corrected chi connectivity index (χ2v) is 8.81. The Morgan fingerprint density at radius 1 is 1.09 bits per heavy atom. The van der Waals surface area contributed by atoms with E-state index in [1.54, 1.807) is 0 Å². The van der Waals surface area contributed by atoms with Crippen LogP contribution in [0.25, 0.3) is 0 Å². The van der Waals surface area contributed by atoms with Crippen molar-refractivity contribution in [1.29, 1.82) is 0 Å². The van der Waals surface area contributed by atoms with Crippen LogP contribution in [0.5, 0.6) is 5.75 Å². The van der Waals surface area contributed by atoms with Gasteiger partial charge >= 0.3 is 6.03 Å². The molecule has 32 heavy (non-hydrogen) atoms. The second kappa shape index (κ2) is 10.3. The topological polar surface area (TPSA) is 61.9 Å². The van der Waals surface area contributed by atoms with E-state index in [0.717, 1.165) is 28.4 Å². The fraction of sp³-hybridized carbons (Fsp3) is 0.440. The molecule has 0 aliphatic carbocycles. The predicted octanol–water partition coefficient (Wildman–Crippen LogP) is 4.51. The lowest BCUT2D eigenvalue weighted by Crippen LogP contribution is -2.52. The summed E-state index contributed by atoms with van der Waals surface area (Å²) < 4.78 is 6.00. The maximum absolute atomic E-state index is 13.3. The van der Waals surface area contributed by atoms with Gasteiger partial charge in [-0.2, -0.15) is 0 Å². The van der Waals surface area contributed by atoms with Gasteiger partial charge in [0.25, 0.3) is 0 Å². The Morgan fingerprint density at radius 3 is 2.56 bits per heavy atom. The largest absolute Gasteiger partial charge is 0.486 e. The van der Waals surface area contributed by atoms with E-state index in [1.165, 1.54) is 0 Å². The minimum Gasteiger partial charge on any atom is -0.486 e. The molecule has 1 saturated heterocycles. The molecule has 0 aromatic heterocycles. The molecule has 1 N–H and O–H groups in total. The number of fused-ring (bicyclic) bond motifs is 1. The number of hydrogen-bond acceptors (Lipinski definition) is 3. The zero-order valence-corrected chi connectivity index (χ0v) is 19.2. The highest BCUT2D eigenvalue weighted by Crippen LogP contribution is 2.35. The van der Waals surface area contributed by atoms with Gasteiger partial charge in [0, 0.05) is 30.6 Å². The highest BCUT2D eigenvalue weighted by Gasteiger charge is 2.34. The summed E-state index contributed by atoms with van der Waals surface area (Å²) in [5.41, 5.74) is 1.85. The first-order valence-corrected chi connectivity index (χ1v) is 11.8. The second-order valence-electron chi connectivity index (χ2n) is 8.40. The molecular formula is C25H30ClN3O3. The first kappa shape index (κ1) is 22.5. The van der Waals surface area contributed by atoms with Gasteiger partial charge in [0.15, 0.2) is 0 Å². The number of amides is 3. The molecule has 0 bridgehead atoms. The molecule has 2 aromatic carbocycles. The first-order valence-electron chi connectivity index (χ1n) is 11.4. The number of anilines is 1. The van der Waals surface area contributed by atoms with Crippen molar-refractivity contribution in [3.63, 3.8) is 0 Å². The van der Waals surface area contributed by atoms with Crippen molar-refractivity contribution in [2.45, 2.75) is 38.7 Å². The lowest BCUT2D eigenvalue weighted by molar-refractivity contribution is -0.126. The normalized spacial score (nSPS) is 18.6. The zero-order chi connectivity index (χ0) is 22.5. The van der Waals surface area contributed by atoms with Gasteiger partial charge in [0.2, 0.25) is 5.91 Å². The number of nitrogens with zero attached hydrogens (tertiary/aromatic N) is 2. The number of carbonyl (C=O) groups is 2. The summed E-state index contributed by atoms with van der Waals surface area (Å²) >= 11 is 6.19. The SMILES string of the molecule is CCC1CN(C(=O)N2CCC(C(=O)NCCc3ccccc3Cl)CC2)c2ccccc2O1. The standard InChI is InChI=1S/C25H30ClN3O3/c1-2-20-17-29(22-9-5-6-10-23(22)32-20)25(31)28-15-12-19(13-16-28)24(30)27-14-11-18-7-3-4-8-21(18)26/h3-10,19-20H,2,11-17H2,1H3,(H,27,30). The maximum atomic E-state index is 13.3. The third-order valence-electron chi connectivity index (χ3n) is 6.31. The molecule has 0 saturated carbocycles. The molecule has 0 spiro atoms. The van der Waals surface area contributed by atoms with Crippen LogP contribution >= 0.6 is 11.6 Å². The minimum absolute atomic E-state index is 0.00298. The molecule has 1 atom stereocenters. The van der Waals surface area contributed by atoms with Crippen LogP contribution in [0.2, 0.25) is 5.02 Å². The number of rotatable bonds is 5. The molecule has 1 fully saturated rings. The fourth-order valence-electron chi connectivity index (χ4n) is 4.36. The third-order valence-corrected chi connectivity index (χ3v) is 6.68. The van der Waals surface area contributed by atoms with E-state index in [4.69, 9.17) is 16.3 Å². The van der Waals surface area contributed by atoms with E-state index >= 15 is 0 Å². The van der Waals surface area contributed by atoms with Gasteiger partial charge in [-0.15, -0.1) is 0 Å². The predicted molar refractivity (Wildman–Crippen MR) is 126 cm³/mol. The van der Waals surface area contributed by atoms with Crippen molar-refractivity contribution < 1.29 is 14.3 Å². The van der Waals surface area contributed by atoms with Gasteiger partial charge in [0.1, 0.15) is 11.9 Å². The van der Waals surface area contributed by atoms with Crippen LogP contribution in [0.3, 0.4) is 0 Å².